The van der Waals surface area contributed by atoms with E-state index in [2.05, 4.69) is 80.2 Å². The van der Waals surface area contributed by atoms with Gasteiger partial charge in [-0.3, -0.25) is 4.79 Å². The standard InChI is InChI=1S/C25H36BrN3O/c1-2-3-7-16-27-18-25(30)29(23-9-5-4-6-10-23)20-24-11-8-17-28(24)19-21-12-14-22(26)15-13-21/h8,11-15,17,23,27H,2-7,9-10,16,18-20H2,1H3. The lowest BCUT2D eigenvalue weighted by atomic mass is 9.94. The SMILES string of the molecule is CCCCCNCC(=O)N(Cc1cccn1Cc1ccc(Br)cc1)C1CCCCC1. The maximum Gasteiger partial charge on any atom is 0.237 e. The van der Waals surface area contributed by atoms with Crippen LogP contribution in [0.2, 0.25) is 0 Å². The van der Waals surface area contributed by atoms with Crippen molar-refractivity contribution in [2.24, 2.45) is 0 Å². The number of hydrogen-bond acceptors (Lipinski definition) is 2. The Labute approximate surface area is 190 Å². The number of aromatic nitrogens is 1. The molecule has 3 rings (SSSR count). The van der Waals surface area contributed by atoms with Gasteiger partial charge >= 0.3 is 0 Å². The first-order valence-electron chi connectivity index (χ1n) is 11.6. The Bertz CT molecular complexity index is 765. The van der Waals surface area contributed by atoms with Crippen LogP contribution in [0.25, 0.3) is 0 Å². The first-order chi connectivity index (χ1) is 14.7. The molecule has 2 aromatic rings. The van der Waals surface area contributed by atoms with Crippen LogP contribution >= 0.6 is 15.9 Å². The van der Waals surface area contributed by atoms with Crippen LogP contribution in [-0.4, -0.2) is 34.5 Å². The highest BCUT2D eigenvalue weighted by Crippen LogP contribution is 2.25. The number of benzene rings is 1. The quantitative estimate of drug-likeness (QED) is 0.422. The lowest BCUT2D eigenvalue weighted by molar-refractivity contribution is -0.134. The van der Waals surface area contributed by atoms with Gasteiger partial charge in [-0.1, -0.05) is 67.1 Å². The Balaban J connectivity index is 1.66. The Morgan fingerprint density at radius 1 is 1.13 bits per heavy atom. The molecule has 0 bridgehead atoms. The van der Waals surface area contributed by atoms with Crippen molar-refractivity contribution in [2.75, 3.05) is 13.1 Å². The average Bonchev–Trinajstić information content (AvgIpc) is 3.20. The van der Waals surface area contributed by atoms with Crippen molar-refractivity contribution in [3.05, 3.63) is 58.3 Å². The Morgan fingerprint density at radius 3 is 2.63 bits per heavy atom. The van der Waals surface area contributed by atoms with Gasteiger partial charge in [0, 0.05) is 29.0 Å². The number of unbranched alkanes of at least 4 members (excludes halogenated alkanes) is 2. The average molecular weight is 474 g/mol. The second-order valence-electron chi connectivity index (χ2n) is 8.45. The summed E-state index contributed by atoms with van der Waals surface area (Å²) in [5, 5.41) is 3.38. The van der Waals surface area contributed by atoms with Crippen molar-refractivity contribution in [2.45, 2.75) is 77.4 Å². The van der Waals surface area contributed by atoms with E-state index in [1.165, 1.54) is 43.4 Å². The molecule has 1 aliphatic rings. The van der Waals surface area contributed by atoms with E-state index in [0.717, 1.165) is 36.8 Å². The highest BCUT2D eigenvalue weighted by atomic mass is 79.9. The molecule has 1 fully saturated rings. The van der Waals surface area contributed by atoms with Gasteiger partial charge in [-0.25, -0.2) is 0 Å². The molecular weight excluding hydrogens is 438 g/mol. The van der Waals surface area contributed by atoms with Gasteiger partial charge in [0.05, 0.1) is 13.1 Å². The zero-order valence-corrected chi connectivity index (χ0v) is 19.9. The molecule has 1 saturated carbocycles. The monoisotopic (exact) mass is 473 g/mol. The summed E-state index contributed by atoms with van der Waals surface area (Å²) in [4.78, 5) is 15.3. The van der Waals surface area contributed by atoms with E-state index < -0.39 is 0 Å². The molecule has 0 saturated heterocycles. The molecule has 1 aliphatic carbocycles. The topological polar surface area (TPSA) is 37.3 Å². The van der Waals surface area contributed by atoms with Crippen molar-refractivity contribution in [1.82, 2.24) is 14.8 Å². The predicted molar refractivity (Wildman–Crippen MR) is 127 cm³/mol. The van der Waals surface area contributed by atoms with E-state index in [4.69, 9.17) is 0 Å². The van der Waals surface area contributed by atoms with Crippen molar-refractivity contribution in [1.29, 1.82) is 0 Å². The summed E-state index contributed by atoms with van der Waals surface area (Å²) in [5.41, 5.74) is 2.48. The van der Waals surface area contributed by atoms with E-state index in [9.17, 15) is 4.79 Å². The summed E-state index contributed by atoms with van der Waals surface area (Å²) in [6, 6.07) is 13.1. The van der Waals surface area contributed by atoms with E-state index >= 15 is 0 Å². The number of halogens is 1. The highest BCUT2D eigenvalue weighted by Gasteiger charge is 2.26. The van der Waals surface area contributed by atoms with Crippen molar-refractivity contribution >= 4 is 21.8 Å². The molecule has 1 heterocycles. The summed E-state index contributed by atoms with van der Waals surface area (Å²) >= 11 is 3.51. The minimum absolute atomic E-state index is 0.245. The molecule has 4 nitrogen and oxygen atoms in total. The number of amides is 1. The Hall–Kier alpha value is -1.59. The van der Waals surface area contributed by atoms with E-state index in [1.54, 1.807) is 0 Å². The minimum atomic E-state index is 0.245. The number of carbonyl (C=O) groups is 1. The van der Waals surface area contributed by atoms with Gasteiger partial charge in [0.2, 0.25) is 5.91 Å². The number of nitrogens with one attached hydrogen (secondary N) is 1. The normalized spacial score (nSPS) is 14.7. The van der Waals surface area contributed by atoms with Crippen LogP contribution in [0.15, 0.2) is 47.1 Å². The first-order valence-corrected chi connectivity index (χ1v) is 12.4. The van der Waals surface area contributed by atoms with Gasteiger partial charge in [-0.15, -0.1) is 0 Å². The summed E-state index contributed by atoms with van der Waals surface area (Å²) in [6.45, 7) is 5.12. The molecule has 1 aromatic carbocycles. The van der Waals surface area contributed by atoms with Crippen LogP contribution in [0, 0.1) is 0 Å². The third-order valence-corrected chi connectivity index (χ3v) is 6.62. The van der Waals surface area contributed by atoms with Crippen LogP contribution < -0.4 is 5.32 Å². The Morgan fingerprint density at radius 2 is 1.90 bits per heavy atom. The minimum Gasteiger partial charge on any atom is -0.345 e. The third kappa shape index (κ3) is 6.98. The molecule has 1 N–H and O–H groups in total. The summed E-state index contributed by atoms with van der Waals surface area (Å²) in [7, 11) is 0. The predicted octanol–water partition coefficient (Wildman–Crippen LogP) is 5.74. The zero-order chi connectivity index (χ0) is 21.2. The molecule has 0 aliphatic heterocycles. The fourth-order valence-electron chi connectivity index (χ4n) is 4.32. The summed E-state index contributed by atoms with van der Waals surface area (Å²) in [6.07, 6.45) is 11.7. The third-order valence-electron chi connectivity index (χ3n) is 6.09. The molecule has 0 atom stereocenters. The van der Waals surface area contributed by atoms with E-state index in [0.29, 0.717) is 19.1 Å². The number of carbonyl (C=O) groups excluding carboxylic acids is 1. The molecule has 5 heteroatoms. The van der Waals surface area contributed by atoms with E-state index in [-0.39, 0.29) is 5.91 Å². The molecule has 164 valence electrons. The fraction of sp³-hybridized carbons (Fsp3) is 0.560. The van der Waals surface area contributed by atoms with Crippen LogP contribution in [-0.2, 0) is 17.9 Å². The van der Waals surface area contributed by atoms with Crippen LogP contribution in [0.1, 0.15) is 69.5 Å². The molecule has 0 unspecified atom stereocenters. The van der Waals surface area contributed by atoms with Crippen molar-refractivity contribution < 1.29 is 4.79 Å². The zero-order valence-electron chi connectivity index (χ0n) is 18.3. The fourth-order valence-corrected chi connectivity index (χ4v) is 4.58. The smallest absolute Gasteiger partial charge is 0.237 e. The van der Waals surface area contributed by atoms with E-state index in [1.807, 2.05) is 0 Å². The second-order valence-corrected chi connectivity index (χ2v) is 9.37. The number of rotatable bonds is 11. The molecule has 30 heavy (non-hydrogen) atoms. The summed E-state index contributed by atoms with van der Waals surface area (Å²) < 4.78 is 3.38. The van der Waals surface area contributed by atoms with Crippen LogP contribution in [0.4, 0.5) is 0 Å². The van der Waals surface area contributed by atoms with Gasteiger partial charge in [0.1, 0.15) is 0 Å². The molecule has 1 aromatic heterocycles. The van der Waals surface area contributed by atoms with Gasteiger partial charge in [-0.05, 0) is 55.6 Å². The maximum absolute atomic E-state index is 13.2. The van der Waals surface area contributed by atoms with Gasteiger partial charge in [0.25, 0.3) is 0 Å². The molecule has 1 amide bonds. The molecular formula is C25H36BrN3O. The first kappa shape index (κ1) is 23.1. The van der Waals surface area contributed by atoms with Gasteiger partial charge in [-0.2, -0.15) is 0 Å². The largest absolute Gasteiger partial charge is 0.345 e. The second kappa shape index (κ2) is 12.3. The van der Waals surface area contributed by atoms with Crippen molar-refractivity contribution in [3.63, 3.8) is 0 Å². The molecule has 0 radical (unpaired) electrons. The lowest BCUT2D eigenvalue weighted by Crippen LogP contribution is -2.45. The summed E-state index contributed by atoms with van der Waals surface area (Å²) in [5.74, 6) is 0.245. The van der Waals surface area contributed by atoms with Gasteiger partial charge in [0.15, 0.2) is 0 Å². The van der Waals surface area contributed by atoms with Crippen LogP contribution in [0.5, 0.6) is 0 Å². The highest BCUT2D eigenvalue weighted by molar-refractivity contribution is 9.10. The number of nitrogens with zero attached hydrogens (tertiary/aromatic N) is 2. The molecule has 0 spiro atoms. The lowest BCUT2D eigenvalue weighted by Gasteiger charge is -2.35. The van der Waals surface area contributed by atoms with Crippen LogP contribution in [0.3, 0.4) is 0 Å². The Kier molecular flexibility index (Phi) is 9.47. The number of hydrogen-bond donors (Lipinski definition) is 1. The van der Waals surface area contributed by atoms with Crippen molar-refractivity contribution in [3.8, 4) is 0 Å². The maximum atomic E-state index is 13.2. The van der Waals surface area contributed by atoms with Gasteiger partial charge < -0.3 is 14.8 Å².